The first kappa shape index (κ1) is 11.2. The number of nitrogens with two attached hydrogens (primary N) is 2. The number of anilines is 2. The fraction of sp³-hybridized carbons (Fsp3) is 0.273. The lowest BCUT2D eigenvalue weighted by molar-refractivity contribution is 0.207. The Morgan fingerprint density at radius 2 is 2.13 bits per heavy atom. The highest BCUT2D eigenvalue weighted by Crippen LogP contribution is 2.15. The predicted octanol–water partition coefficient (Wildman–Crippen LogP) is 1.45. The number of ether oxygens (including phenoxy) is 1. The maximum Gasteiger partial charge on any atom is 0.179 e. The van der Waals surface area contributed by atoms with Gasteiger partial charge in [-0.15, -0.1) is 0 Å². The molecule has 82 valence electrons. The molecule has 1 aromatic rings. The van der Waals surface area contributed by atoms with Crippen LogP contribution in [0.3, 0.4) is 0 Å². The number of hydrogen-bond acceptors (Lipinski definition) is 4. The molecule has 5 N–H and O–H groups in total. The smallest absolute Gasteiger partial charge is 0.179 e. The van der Waals surface area contributed by atoms with Gasteiger partial charge in [0, 0.05) is 6.54 Å². The Balaban J connectivity index is 2.51. The van der Waals surface area contributed by atoms with E-state index in [0.29, 0.717) is 30.4 Å². The number of benzene rings is 1. The molecular weight excluding hydrogens is 190 g/mol. The van der Waals surface area contributed by atoms with Gasteiger partial charge in [0.05, 0.1) is 18.0 Å². The van der Waals surface area contributed by atoms with Gasteiger partial charge in [0.1, 0.15) is 0 Å². The quantitative estimate of drug-likeness (QED) is 0.504. The van der Waals surface area contributed by atoms with E-state index in [1.807, 2.05) is 19.1 Å². The summed E-state index contributed by atoms with van der Waals surface area (Å²) < 4.78 is 5.16. The van der Waals surface area contributed by atoms with Crippen molar-refractivity contribution in [3.05, 3.63) is 36.2 Å². The van der Waals surface area contributed by atoms with Crippen molar-refractivity contribution in [1.82, 2.24) is 5.32 Å². The van der Waals surface area contributed by atoms with Gasteiger partial charge in [-0.1, -0.05) is 6.07 Å². The van der Waals surface area contributed by atoms with Crippen LogP contribution >= 0.6 is 0 Å². The minimum atomic E-state index is 0.563. The van der Waals surface area contributed by atoms with E-state index in [0.717, 1.165) is 5.56 Å². The second-order valence-electron chi connectivity index (χ2n) is 3.17. The Labute approximate surface area is 89.9 Å². The molecule has 0 aliphatic heterocycles. The number of nitrogens with one attached hydrogen (secondary N) is 1. The summed E-state index contributed by atoms with van der Waals surface area (Å²) in [5, 5.41) is 3.03. The van der Waals surface area contributed by atoms with E-state index in [4.69, 9.17) is 16.2 Å². The maximum atomic E-state index is 5.68. The van der Waals surface area contributed by atoms with Gasteiger partial charge in [-0.25, -0.2) is 0 Å². The van der Waals surface area contributed by atoms with Gasteiger partial charge in [0.15, 0.2) is 5.88 Å². The zero-order chi connectivity index (χ0) is 11.3. The van der Waals surface area contributed by atoms with E-state index in [1.165, 1.54) is 0 Å². The zero-order valence-electron chi connectivity index (χ0n) is 8.92. The van der Waals surface area contributed by atoms with E-state index < -0.39 is 0 Å². The molecule has 0 aliphatic carbocycles. The van der Waals surface area contributed by atoms with Crippen molar-refractivity contribution in [2.45, 2.75) is 13.5 Å². The van der Waals surface area contributed by atoms with Gasteiger partial charge < -0.3 is 21.5 Å². The molecule has 0 bridgehead atoms. The van der Waals surface area contributed by atoms with Gasteiger partial charge in [-0.3, -0.25) is 0 Å². The first-order chi connectivity index (χ1) is 7.13. The highest BCUT2D eigenvalue weighted by atomic mass is 16.5. The number of nitrogen functional groups attached to an aromatic ring is 2. The molecule has 0 fully saturated rings. The van der Waals surface area contributed by atoms with Crippen LogP contribution in [-0.2, 0) is 11.3 Å². The molecule has 0 atom stereocenters. The van der Waals surface area contributed by atoms with E-state index >= 15 is 0 Å². The number of rotatable bonds is 5. The molecule has 1 rings (SSSR count). The van der Waals surface area contributed by atoms with Crippen LogP contribution < -0.4 is 16.8 Å². The van der Waals surface area contributed by atoms with Crippen molar-refractivity contribution in [3.8, 4) is 0 Å². The summed E-state index contributed by atoms with van der Waals surface area (Å²) in [4.78, 5) is 0. The summed E-state index contributed by atoms with van der Waals surface area (Å²) in [5.74, 6) is 0.563. The van der Waals surface area contributed by atoms with Crippen molar-refractivity contribution in [2.24, 2.45) is 0 Å². The van der Waals surface area contributed by atoms with Gasteiger partial charge >= 0.3 is 0 Å². The van der Waals surface area contributed by atoms with E-state index in [2.05, 4.69) is 11.9 Å². The predicted molar refractivity (Wildman–Crippen MR) is 62.9 cm³/mol. The molecule has 0 spiro atoms. The van der Waals surface area contributed by atoms with Gasteiger partial charge in [-0.2, -0.15) is 0 Å². The third-order valence-corrected chi connectivity index (χ3v) is 1.96. The lowest BCUT2D eigenvalue weighted by Gasteiger charge is -2.10. The summed E-state index contributed by atoms with van der Waals surface area (Å²) >= 11 is 0. The van der Waals surface area contributed by atoms with Gasteiger partial charge in [-0.05, 0) is 31.2 Å². The fourth-order valence-corrected chi connectivity index (χ4v) is 1.16. The minimum Gasteiger partial charge on any atom is -0.480 e. The Kier molecular flexibility index (Phi) is 3.85. The summed E-state index contributed by atoms with van der Waals surface area (Å²) in [6.07, 6.45) is 0. The van der Waals surface area contributed by atoms with Crippen LogP contribution in [0.2, 0.25) is 0 Å². The summed E-state index contributed by atoms with van der Waals surface area (Å²) in [5.41, 5.74) is 13.5. The van der Waals surface area contributed by atoms with Crippen molar-refractivity contribution in [3.63, 3.8) is 0 Å². The molecule has 1 aromatic carbocycles. The fourth-order valence-electron chi connectivity index (χ4n) is 1.16. The first-order valence-corrected chi connectivity index (χ1v) is 4.83. The summed E-state index contributed by atoms with van der Waals surface area (Å²) in [7, 11) is 0. The largest absolute Gasteiger partial charge is 0.480 e. The average Bonchev–Trinajstić information content (AvgIpc) is 2.20. The molecule has 0 saturated heterocycles. The van der Waals surface area contributed by atoms with Crippen LogP contribution in [0.4, 0.5) is 11.4 Å². The molecule has 15 heavy (non-hydrogen) atoms. The third-order valence-electron chi connectivity index (χ3n) is 1.96. The SMILES string of the molecule is C=C(NCc1ccc(N)c(N)c1)OCC. The monoisotopic (exact) mass is 207 g/mol. The maximum absolute atomic E-state index is 5.68. The van der Waals surface area contributed by atoms with Crippen LogP contribution in [0.1, 0.15) is 12.5 Å². The normalized spacial score (nSPS) is 9.67. The van der Waals surface area contributed by atoms with Crippen molar-refractivity contribution in [2.75, 3.05) is 18.1 Å². The molecule has 0 saturated carbocycles. The third kappa shape index (κ3) is 3.42. The van der Waals surface area contributed by atoms with Crippen LogP contribution in [0, 0.1) is 0 Å². The Hall–Kier alpha value is -1.84. The van der Waals surface area contributed by atoms with Crippen LogP contribution in [-0.4, -0.2) is 6.61 Å². The molecular formula is C11H17N3O. The van der Waals surface area contributed by atoms with Crippen molar-refractivity contribution in [1.29, 1.82) is 0 Å². The Morgan fingerprint density at radius 3 is 2.73 bits per heavy atom. The molecule has 0 aromatic heterocycles. The molecule has 0 amide bonds. The lowest BCUT2D eigenvalue weighted by Crippen LogP contribution is -2.14. The highest BCUT2D eigenvalue weighted by Gasteiger charge is 1.98. The van der Waals surface area contributed by atoms with Gasteiger partial charge in [0.2, 0.25) is 0 Å². The molecule has 0 aliphatic rings. The topological polar surface area (TPSA) is 73.3 Å². The lowest BCUT2D eigenvalue weighted by atomic mass is 10.2. The summed E-state index contributed by atoms with van der Waals surface area (Å²) in [6, 6.07) is 5.54. The van der Waals surface area contributed by atoms with Crippen LogP contribution in [0.15, 0.2) is 30.7 Å². The average molecular weight is 207 g/mol. The standard InChI is InChI=1S/C11H17N3O/c1-3-15-8(2)14-7-9-4-5-10(12)11(13)6-9/h4-6,14H,2-3,7,12-13H2,1H3. The number of hydrogen-bond donors (Lipinski definition) is 3. The Bertz CT molecular complexity index is 350. The first-order valence-electron chi connectivity index (χ1n) is 4.83. The molecule has 0 radical (unpaired) electrons. The minimum absolute atomic E-state index is 0.563. The van der Waals surface area contributed by atoms with E-state index in [-0.39, 0.29) is 0 Å². The molecule has 0 heterocycles. The van der Waals surface area contributed by atoms with Crippen LogP contribution in [0.5, 0.6) is 0 Å². The van der Waals surface area contributed by atoms with E-state index in [9.17, 15) is 0 Å². The van der Waals surface area contributed by atoms with E-state index in [1.54, 1.807) is 6.07 Å². The Morgan fingerprint density at radius 1 is 1.40 bits per heavy atom. The molecule has 4 heteroatoms. The second-order valence-corrected chi connectivity index (χ2v) is 3.17. The van der Waals surface area contributed by atoms with Crippen molar-refractivity contribution >= 4 is 11.4 Å². The van der Waals surface area contributed by atoms with Crippen LogP contribution in [0.25, 0.3) is 0 Å². The molecule has 4 nitrogen and oxygen atoms in total. The van der Waals surface area contributed by atoms with Gasteiger partial charge in [0.25, 0.3) is 0 Å². The zero-order valence-corrected chi connectivity index (χ0v) is 8.92. The highest BCUT2D eigenvalue weighted by molar-refractivity contribution is 5.63. The second kappa shape index (κ2) is 5.14. The summed E-state index contributed by atoms with van der Waals surface area (Å²) in [6.45, 7) is 6.86. The molecule has 0 unspecified atom stereocenters. The van der Waals surface area contributed by atoms with Crippen molar-refractivity contribution < 1.29 is 4.74 Å².